The molecule has 0 radical (unpaired) electrons. The molecule has 0 saturated heterocycles. The quantitative estimate of drug-likeness (QED) is 0.694. The van der Waals surface area contributed by atoms with Crippen molar-refractivity contribution in [1.82, 2.24) is 4.57 Å². The van der Waals surface area contributed by atoms with Crippen LogP contribution < -0.4 is 4.87 Å². The van der Waals surface area contributed by atoms with Gasteiger partial charge in [0.2, 0.25) is 0 Å². The van der Waals surface area contributed by atoms with Crippen LogP contribution in [0.25, 0.3) is 10.2 Å². The molecule has 0 aliphatic rings. The van der Waals surface area contributed by atoms with E-state index in [0.29, 0.717) is 10.6 Å². The van der Waals surface area contributed by atoms with Crippen molar-refractivity contribution in [3.05, 3.63) is 68.8 Å². The van der Waals surface area contributed by atoms with Crippen molar-refractivity contribution >= 4 is 38.9 Å². The van der Waals surface area contributed by atoms with E-state index in [0.717, 1.165) is 21.6 Å². The van der Waals surface area contributed by atoms with Gasteiger partial charge in [-0.15, -0.1) is 0 Å². The highest BCUT2D eigenvalue weighted by atomic mass is 35.5. The number of para-hydroxylation sites is 1. The molecule has 0 spiro atoms. The molecule has 3 nitrogen and oxygen atoms in total. The average Bonchev–Trinajstić information content (AvgIpc) is 2.76. The third-order valence-electron chi connectivity index (χ3n) is 3.05. The van der Waals surface area contributed by atoms with Crippen LogP contribution in [0.15, 0.2) is 53.3 Å². The third-order valence-corrected chi connectivity index (χ3v) is 4.34. The van der Waals surface area contributed by atoms with Gasteiger partial charge >= 0.3 is 4.87 Å². The molecule has 0 fully saturated rings. The van der Waals surface area contributed by atoms with Gasteiger partial charge in [0.1, 0.15) is 0 Å². The Balaban J connectivity index is 2.02. The molecule has 0 aliphatic carbocycles. The molecule has 0 aliphatic heterocycles. The number of carbonyl (C=O) groups is 1. The largest absolute Gasteiger partial charge is 0.308 e. The minimum absolute atomic E-state index is 0.00653. The SMILES string of the molecule is O=C(Cn1c(=O)sc2ccccc21)c1ccccc1Cl. The molecule has 5 heteroatoms. The molecule has 0 bridgehead atoms. The van der Waals surface area contributed by atoms with E-state index < -0.39 is 0 Å². The van der Waals surface area contributed by atoms with Crippen LogP contribution >= 0.6 is 22.9 Å². The van der Waals surface area contributed by atoms with E-state index in [4.69, 9.17) is 11.6 Å². The Morgan fingerprint density at radius 2 is 1.80 bits per heavy atom. The van der Waals surface area contributed by atoms with Gasteiger partial charge in [-0.2, -0.15) is 0 Å². The highest BCUT2D eigenvalue weighted by Gasteiger charge is 2.14. The summed E-state index contributed by atoms with van der Waals surface area (Å²) in [6.45, 7) is 0.00653. The van der Waals surface area contributed by atoms with E-state index in [1.807, 2.05) is 24.3 Å². The first-order valence-corrected chi connectivity index (χ1v) is 7.22. The van der Waals surface area contributed by atoms with Gasteiger partial charge in [-0.1, -0.05) is 47.2 Å². The molecule has 0 amide bonds. The monoisotopic (exact) mass is 303 g/mol. The number of benzene rings is 2. The lowest BCUT2D eigenvalue weighted by Crippen LogP contribution is -2.19. The summed E-state index contributed by atoms with van der Waals surface area (Å²) >= 11 is 7.15. The first-order chi connectivity index (χ1) is 9.66. The Hall–Kier alpha value is -1.91. The summed E-state index contributed by atoms with van der Waals surface area (Å²) < 4.78 is 2.37. The maximum absolute atomic E-state index is 12.3. The molecule has 0 atom stereocenters. The maximum atomic E-state index is 12.3. The van der Waals surface area contributed by atoms with E-state index in [1.54, 1.807) is 24.3 Å². The summed E-state index contributed by atoms with van der Waals surface area (Å²) in [6, 6.07) is 14.3. The number of aromatic nitrogens is 1. The Bertz CT molecular complexity index is 850. The molecule has 20 heavy (non-hydrogen) atoms. The summed E-state index contributed by atoms with van der Waals surface area (Å²) in [6.07, 6.45) is 0. The van der Waals surface area contributed by atoms with E-state index in [9.17, 15) is 9.59 Å². The summed E-state index contributed by atoms with van der Waals surface area (Å²) in [7, 11) is 0. The lowest BCUT2D eigenvalue weighted by Gasteiger charge is -2.05. The van der Waals surface area contributed by atoms with E-state index >= 15 is 0 Å². The van der Waals surface area contributed by atoms with Crippen LogP contribution in [0.1, 0.15) is 10.4 Å². The summed E-state index contributed by atoms with van der Waals surface area (Å²) in [5.74, 6) is -0.166. The zero-order chi connectivity index (χ0) is 14.1. The van der Waals surface area contributed by atoms with Crippen molar-refractivity contribution in [2.24, 2.45) is 0 Å². The second-order valence-corrected chi connectivity index (χ2v) is 5.73. The van der Waals surface area contributed by atoms with Crippen molar-refractivity contribution in [2.75, 3.05) is 0 Å². The molecule has 0 N–H and O–H groups in total. The molecule has 0 unspecified atom stereocenters. The summed E-state index contributed by atoms with van der Waals surface area (Å²) in [5, 5.41) is 0.407. The fraction of sp³-hybridized carbons (Fsp3) is 0.0667. The van der Waals surface area contributed by atoms with Gasteiger partial charge in [0, 0.05) is 5.56 Å². The molecular formula is C15H10ClNO2S. The molecule has 100 valence electrons. The fourth-order valence-electron chi connectivity index (χ4n) is 2.08. The van der Waals surface area contributed by atoms with Gasteiger partial charge in [0.15, 0.2) is 5.78 Å². The molecule has 2 aromatic carbocycles. The lowest BCUT2D eigenvalue weighted by molar-refractivity contribution is 0.0973. The van der Waals surface area contributed by atoms with Crippen molar-refractivity contribution in [3.63, 3.8) is 0 Å². The predicted molar refractivity (Wildman–Crippen MR) is 81.9 cm³/mol. The number of hydrogen-bond donors (Lipinski definition) is 0. The third kappa shape index (κ3) is 2.28. The van der Waals surface area contributed by atoms with Crippen LogP contribution in [0.4, 0.5) is 0 Å². The van der Waals surface area contributed by atoms with Gasteiger partial charge in [-0.3, -0.25) is 14.2 Å². The van der Waals surface area contributed by atoms with Gasteiger partial charge in [-0.25, -0.2) is 0 Å². The minimum atomic E-state index is -0.166. The predicted octanol–water partition coefficient (Wildman–Crippen LogP) is 3.60. The first-order valence-electron chi connectivity index (χ1n) is 6.03. The number of Topliss-reactive ketones (excluding diaryl/α,β-unsaturated/α-hetero) is 1. The Labute approximate surface area is 124 Å². The number of thiazole rings is 1. The zero-order valence-corrected chi connectivity index (χ0v) is 11.9. The van der Waals surface area contributed by atoms with Crippen LogP contribution in [-0.2, 0) is 6.54 Å². The lowest BCUT2D eigenvalue weighted by atomic mass is 10.1. The van der Waals surface area contributed by atoms with Crippen LogP contribution in [0, 0.1) is 0 Å². The van der Waals surface area contributed by atoms with Crippen LogP contribution in [0.3, 0.4) is 0 Å². The number of hydrogen-bond acceptors (Lipinski definition) is 3. The highest BCUT2D eigenvalue weighted by molar-refractivity contribution is 7.16. The van der Waals surface area contributed by atoms with Gasteiger partial charge in [0.25, 0.3) is 0 Å². The van der Waals surface area contributed by atoms with Crippen molar-refractivity contribution in [1.29, 1.82) is 0 Å². The number of nitrogens with zero attached hydrogens (tertiary/aromatic N) is 1. The highest BCUT2D eigenvalue weighted by Crippen LogP contribution is 2.19. The number of ketones is 1. The number of rotatable bonds is 3. The average molecular weight is 304 g/mol. The Morgan fingerprint density at radius 3 is 2.60 bits per heavy atom. The zero-order valence-electron chi connectivity index (χ0n) is 10.4. The molecule has 0 saturated carbocycles. The van der Waals surface area contributed by atoms with Gasteiger partial charge in [-0.05, 0) is 24.3 Å². The number of carbonyl (C=O) groups excluding carboxylic acids is 1. The van der Waals surface area contributed by atoms with Crippen molar-refractivity contribution < 1.29 is 4.79 Å². The number of fused-ring (bicyclic) bond motifs is 1. The second-order valence-electron chi connectivity index (χ2n) is 4.32. The maximum Gasteiger partial charge on any atom is 0.308 e. The minimum Gasteiger partial charge on any atom is -0.292 e. The standard InChI is InChI=1S/C15H10ClNO2S/c16-11-6-2-1-5-10(11)13(18)9-17-12-7-3-4-8-14(12)20-15(17)19/h1-8H,9H2. The summed E-state index contributed by atoms with van der Waals surface area (Å²) in [5.41, 5.74) is 1.22. The van der Waals surface area contributed by atoms with Crippen LogP contribution in [0.5, 0.6) is 0 Å². The van der Waals surface area contributed by atoms with Crippen LogP contribution in [0.2, 0.25) is 5.02 Å². The molecule has 3 aromatic rings. The summed E-state index contributed by atoms with van der Waals surface area (Å²) in [4.78, 5) is 24.1. The van der Waals surface area contributed by atoms with Gasteiger partial charge < -0.3 is 0 Å². The van der Waals surface area contributed by atoms with E-state index in [1.165, 1.54) is 4.57 Å². The molecule has 3 rings (SSSR count). The topological polar surface area (TPSA) is 39.1 Å². The van der Waals surface area contributed by atoms with Crippen molar-refractivity contribution in [3.8, 4) is 0 Å². The number of halogens is 1. The fourth-order valence-corrected chi connectivity index (χ4v) is 3.21. The van der Waals surface area contributed by atoms with Crippen molar-refractivity contribution in [2.45, 2.75) is 6.54 Å². The Morgan fingerprint density at radius 1 is 1.10 bits per heavy atom. The molecule has 1 heterocycles. The molecule has 1 aromatic heterocycles. The van der Waals surface area contributed by atoms with Gasteiger partial charge in [0.05, 0.1) is 21.8 Å². The van der Waals surface area contributed by atoms with E-state index in [2.05, 4.69) is 0 Å². The normalized spacial score (nSPS) is 10.8. The van der Waals surface area contributed by atoms with E-state index in [-0.39, 0.29) is 17.2 Å². The smallest absolute Gasteiger partial charge is 0.292 e. The first kappa shape index (κ1) is 13.1. The molecular weight excluding hydrogens is 294 g/mol. The van der Waals surface area contributed by atoms with Crippen LogP contribution in [-0.4, -0.2) is 10.4 Å². The Kier molecular flexibility index (Phi) is 3.42. The second kappa shape index (κ2) is 5.23.